The fraction of sp³-hybridized carbons (Fsp3) is 0.125. The molecule has 2 rings (SSSR count). The highest BCUT2D eigenvalue weighted by molar-refractivity contribution is 6.04. The third-order valence-electron chi connectivity index (χ3n) is 2.86. The molecule has 2 N–H and O–H groups in total. The van der Waals surface area contributed by atoms with Crippen molar-refractivity contribution in [2.75, 3.05) is 5.32 Å². The Morgan fingerprint density at radius 1 is 1.00 bits per heavy atom. The quantitative estimate of drug-likeness (QED) is 0.908. The minimum atomic E-state index is -0.352. The standard InChI is InChI=1S/C16H15FN2O2/c1-11(20)18-10-12-2-4-13(5-3-12)16(21)19-15-8-6-14(17)7-9-15/h2-9H,10H2,1H3,(H,18,20)(H,19,21). The molecule has 5 heteroatoms. The lowest BCUT2D eigenvalue weighted by Gasteiger charge is -2.07. The van der Waals surface area contributed by atoms with Crippen LogP contribution in [0.2, 0.25) is 0 Å². The largest absolute Gasteiger partial charge is 0.352 e. The molecule has 0 radical (unpaired) electrons. The number of hydrogen-bond donors (Lipinski definition) is 2. The summed E-state index contributed by atoms with van der Waals surface area (Å²) in [5.41, 5.74) is 1.93. The van der Waals surface area contributed by atoms with Gasteiger partial charge in [-0.25, -0.2) is 4.39 Å². The third kappa shape index (κ3) is 4.42. The van der Waals surface area contributed by atoms with Gasteiger partial charge in [0.15, 0.2) is 0 Å². The molecule has 0 spiro atoms. The van der Waals surface area contributed by atoms with Crippen LogP contribution in [-0.2, 0) is 11.3 Å². The van der Waals surface area contributed by atoms with Crippen LogP contribution < -0.4 is 10.6 Å². The highest BCUT2D eigenvalue weighted by Crippen LogP contribution is 2.11. The van der Waals surface area contributed by atoms with Gasteiger partial charge in [-0.05, 0) is 42.0 Å². The number of halogens is 1. The predicted octanol–water partition coefficient (Wildman–Crippen LogP) is 2.71. The molecule has 0 heterocycles. The van der Waals surface area contributed by atoms with Gasteiger partial charge in [0.05, 0.1) is 0 Å². The van der Waals surface area contributed by atoms with Crippen molar-refractivity contribution in [1.82, 2.24) is 5.32 Å². The topological polar surface area (TPSA) is 58.2 Å². The molecule has 0 saturated heterocycles. The summed E-state index contributed by atoms with van der Waals surface area (Å²) in [5.74, 6) is -0.726. The second-order valence-electron chi connectivity index (χ2n) is 4.57. The average Bonchev–Trinajstić information content (AvgIpc) is 2.48. The van der Waals surface area contributed by atoms with Crippen LogP contribution in [0.15, 0.2) is 48.5 Å². The first-order chi connectivity index (χ1) is 10.0. The zero-order chi connectivity index (χ0) is 15.2. The van der Waals surface area contributed by atoms with Crippen molar-refractivity contribution in [3.63, 3.8) is 0 Å². The zero-order valence-corrected chi connectivity index (χ0v) is 11.5. The Morgan fingerprint density at radius 2 is 1.62 bits per heavy atom. The molecule has 0 unspecified atom stereocenters. The second-order valence-corrected chi connectivity index (χ2v) is 4.57. The molecular weight excluding hydrogens is 271 g/mol. The van der Waals surface area contributed by atoms with Gasteiger partial charge in [0.25, 0.3) is 5.91 Å². The molecule has 0 aliphatic heterocycles. The SMILES string of the molecule is CC(=O)NCc1ccc(C(=O)Nc2ccc(F)cc2)cc1. The molecule has 0 bridgehead atoms. The number of nitrogens with one attached hydrogen (secondary N) is 2. The molecule has 108 valence electrons. The number of amides is 2. The molecule has 0 atom stereocenters. The van der Waals surface area contributed by atoms with Crippen LogP contribution in [-0.4, -0.2) is 11.8 Å². The van der Waals surface area contributed by atoms with E-state index in [1.807, 2.05) is 0 Å². The summed E-state index contributed by atoms with van der Waals surface area (Å²) < 4.78 is 12.8. The normalized spacial score (nSPS) is 10.0. The van der Waals surface area contributed by atoms with Gasteiger partial charge >= 0.3 is 0 Å². The Bertz CT molecular complexity index is 636. The Morgan fingerprint density at radius 3 is 2.19 bits per heavy atom. The lowest BCUT2D eigenvalue weighted by molar-refractivity contribution is -0.119. The van der Waals surface area contributed by atoms with Gasteiger partial charge in [-0.3, -0.25) is 9.59 Å². The maximum absolute atomic E-state index is 12.8. The minimum Gasteiger partial charge on any atom is -0.352 e. The van der Waals surface area contributed by atoms with Gasteiger partial charge in [-0.15, -0.1) is 0 Å². The average molecular weight is 286 g/mol. The maximum atomic E-state index is 12.8. The van der Waals surface area contributed by atoms with Crippen LogP contribution in [0.5, 0.6) is 0 Å². The van der Waals surface area contributed by atoms with Crippen LogP contribution >= 0.6 is 0 Å². The fourth-order valence-electron chi connectivity index (χ4n) is 1.74. The Labute approximate surface area is 122 Å². The minimum absolute atomic E-state index is 0.104. The van der Waals surface area contributed by atoms with E-state index >= 15 is 0 Å². The van der Waals surface area contributed by atoms with Crippen molar-refractivity contribution in [3.05, 3.63) is 65.5 Å². The van der Waals surface area contributed by atoms with Crippen molar-refractivity contribution in [1.29, 1.82) is 0 Å². The van der Waals surface area contributed by atoms with Crippen LogP contribution in [0.4, 0.5) is 10.1 Å². The van der Waals surface area contributed by atoms with Crippen molar-refractivity contribution < 1.29 is 14.0 Å². The summed E-state index contributed by atoms with van der Waals surface area (Å²) in [6, 6.07) is 12.5. The van der Waals surface area contributed by atoms with E-state index < -0.39 is 0 Å². The summed E-state index contributed by atoms with van der Waals surface area (Å²) in [5, 5.41) is 5.36. The highest BCUT2D eigenvalue weighted by Gasteiger charge is 2.06. The molecule has 4 nitrogen and oxygen atoms in total. The van der Waals surface area contributed by atoms with Crippen LogP contribution in [0.25, 0.3) is 0 Å². The van der Waals surface area contributed by atoms with E-state index in [1.165, 1.54) is 31.2 Å². The number of anilines is 1. The Kier molecular flexibility index (Phi) is 4.66. The van der Waals surface area contributed by atoms with Crippen molar-refractivity contribution in [3.8, 4) is 0 Å². The molecule has 2 aromatic rings. The molecule has 2 aromatic carbocycles. The summed E-state index contributed by atoms with van der Waals surface area (Å²) in [4.78, 5) is 22.8. The van der Waals surface area contributed by atoms with Gasteiger partial charge in [0.1, 0.15) is 5.82 Å². The molecular formula is C16H15FN2O2. The van der Waals surface area contributed by atoms with E-state index in [9.17, 15) is 14.0 Å². The molecule has 0 aromatic heterocycles. The molecule has 0 fully saturated rings. The number of carbonyl (C=O) groups excluding carboxylic acids is 2. The van der Waals surface area contributed by atoms with Gasteiger partial charge in [0, 0.05) is 24.7 Å². The van der Waals surface area contributed by atoms with E-state index in [1.54, 1.807) is 24.3 Å². The Hall–Kier alpha value is -2.69. The fourth-order valence-corrected chi connectivity index (χ4v) is 1.74. The van der Waals surface area contributed by atoms with E-state index in [0.29, 0.717) is 17.8 Å². The predicted molar refractivity (Wildman–Crippen MR) is 78.3 cm³/mol. The smallest absolute Gasteiger partial charge is 0.255 e. The van der Waals surface area contributed by atoms with Gasteiger partial charge in [-0.2, -0.15) is 0 Å². The monoisotopic (exact) mass is 286 g/mol. The number of rotatable bonds is 4. The molecule has 2 amide bonds. The number of benzene rings is 2. The first-order valence-corrected chi connectivity index (χ1v) is 6.45. The molecule has 0 saturated carbocycles. The Balaban J connectivity index is 1.99. The van der Waals surface area contributed by atoms with Crippen LogP contribution in [0.1, 0.15) is 22.8 Å². The summed E-state index contributed by atoms with van der Waals surface area (Å²) in [6.07, 6.45) is 0. The summed E-state index contributed by atoms with van der Waals surface area (Å²) >= 11 is 0. The number of carbonyl (C=O) groups is 2. The highest BCUT2D eigenvalue weighted by atomic mass is 19.1. The summed E-state index contributed by atoms with van der Waals surface area (Å²) in [6.45, 7) is 1.87. The van der Waals surface area contributed by atoms with E-state index in [-0.39, 0.29) is 17.6 Å². The van der Waals surface area contributed by atoms with Gasteiger partial charge < -0.3 is 10.6 Å². The van der Waals surface area contributed by atoms with Crippen LogP contribution in [0, 0.1) is 5.82 Å². The number of hydrogen-bond acceptors (Lipinski definition) is 2. The van der Waals surface area contributed by atoms with E-state index in [2.05, 4.69) is 10.6 Å². The van der Waals surface area contributed by atoms with Crippen molar-refractivity contribution in [2.45, 2.75) is 13.5 Å². The van der Waals surface area contributed by atoms with Crippen LogP contribution in [0.3, 0.4) is 0 Å². The van der Waals surface area contributed by atoms with E-state index in [4.69, 9.17) is 0 Å². The third-order valence-corrected chi connectivity index (χ3v) is 2.86. The maximum Gasteiger partial charge on any atom is 0.255 e. The van der Waals surface area contributed by atoms with Crippen molar-refractivity contribution in [2.24, 2.45) is 0 Å². The van der Waals surface area contributed by atoms with Crippen molar-refractivity contribution >= 4 is 17.5 Å². The molecule has 0 aliphatic carbocycles. The first-order valence-electron chi connectivity index (χ1n) is 6.45. The first kappa shape index (κ1) is 14.7. The lowest BCUT2D eigenvalue weighted by atomic mass is 10.1. The van der Waals surface area contributed by atoms with Gasteiger partial charge in [-0.1, -0.05) is 12.1 Å². The zero-order valence-electron chi connectivity index (χ0n) is 11.5. The van der Waals surface area contributed by atoms with E-state index in [0.717, 1.165) is 5.56 Å². The summed E-state index contributed by atoms with van der Waals surface area (Å²) in [7, 11) is 0. The lowest BCUT2D eigenvalue weighted by Crippen LogP contribution is -2.19. The molecule has 21 heavy (non-hydrogen) atoms. The second kappa shape index (κ2) is 6.65. The van der Waals surface area contributed by atoms with Gasteiger partial charge in [0.2, 0.25) is 5.91 Å². The molecule has 0 aliphatic rings.